The van der Waals surface area contributed by atoms with Crippen LogP contribution in [0, 0.1) is 11.6 Å². The minimum atomic E-state index is -0.942. The molecule has 0 saturated carbocycles. The topological polar surface area (TPSA) is 82.3 Å². The summed E-state index contributed by atoms with van der Waals surface area (Å²) < 4.78 is 37.7. The minimum absolute atomic E-state index is 0.0311. The SMILES string of the molecule is Nc1cc2c(Nc3ccc(F)c(F)c3)ncnc2cc1OC1CCOC1. The van der Waals surface area contributed by atoms with Gasteiger partial charge in [-0.1, -0.05) is 0 Å². The molecule has 0 radical (unpaired) electrons. The van der Waals surface area contributed by atoms with Gasteiger partial charge in [-0.25, -0.2) is 18.7 Å². The summed E-state index contributed by atoms with van der Waals surface area (Å²) in [6.07, 6.45) is 2.16. The van der Waals surface area contributed by atoms with E-state index in [9.17, 15) is 8.78 Å². The van der Waals surface area contributed by atoms with Gasteiger partial charge in [0.15, 0.2) is 11.6 Å². The lowest BCUT2D eigenvalue weighted by atomic mass is 10.2. The first-order valence-electron chi connectivity index (χ1n) is 8.11. The minimum Gasteiger partial charge on any atom is -0.486 e. The summed E-state index contributed by atoms with van der Waals surface area (Å²) in [5.41, 5.74) is 7.54. The summed E-state index contributed by atoms with van der Waals surface area (Å²) >= 11 is 0. The molecular formula is C18H16F2N4O2. The molecule has 1 aromatic heterocycles. The van der Waals surface area contributed by atoms with Crippen LogP contribution in [0.15, 0.2) is 36.7 Å². The molecule has 1 saturated heterocycles. The van der Waals surface area contributed by atoms with E-state index in [1.807, 2.05) is 0 Å². The van der Waals surface area contributed by atoms with Gasteiger partial charge < -0.3 is 20.5 Å². The number of anilines is 3. The van der Waals surface area contributed by atoms with Crippen molar-refractivity contribution in [1.82, 2.24) is 9.97 Å². The van der Waals surface area contributed by atoms with Gasteiger partial charge in [-0.05, 0) is 18.2 Å². The molecule has 1 fully saturated rings. The number of nitrogens with two attached hydrogens (primary N) is 1. The summed E-state index contributed by atoms with van der Waals surface area (Å²) in [4.78, 5) is 8.41. The number of nitrogens with zero attached hydrogens (tertiary/aromatic N) is 2. The van der Waals surface area contributed by atoms with E-state index >= 15 is 0 Å². The number of rotatable bonds is 4. The fraction of sp³-hybridized carbons (Fsp3) is 0.222. The lowest BCUT2D eigenvalue weighted by molar-refractivity contribution is 0.142. The fourth-order valence-electron chi connectivity index (χ4n) is 2.80. The van der Waals surface area contributed by atoms with Crippen molar-refractivity contribution in [3.8, 4) is 5.75 Å². The van der Waals surface area contributed by atoms with Crippen LogP contribution in [0.2, 0.25) is 0 Å². The van der Waals surface area contributed by atoms with Crippen LogP contribution in [-0.4, -0.2) is 29.3 Å². The zero-order valence-corrected chi connectivity index (χ0v) is 13.7. The Balaban J connectivity index is 1.67. The third-order valence-electron chi connectivity index (χ3n) is 4.13. The largest absolute Gasteiger partial charge is 0.486 e. The number of ether oxygens (including phenoxy) is 2. The molecule has 0 bridgehead atoms. The van der Waals surface area contributed by atoms with E-state index in [1.54, 1.807) is 12.1 Å². The van der Waals surface area contributed by atoms with Crippen LogP contribution < -0.4 is 15.8 Å². The van der Waals surface area contributed by atoms with Gasteiger partial charge >= 0.3 is 0 Å². The van der Waals surface area contributed by atoms with Crippen LogP contribution in [0.4, 0.5) is 26.0 Å². The standard InChI is InChI=1S/C18H16F2N4O2/c19-13-2-1-10(5-14(13)20)24-18-12-6-15(21)17(7-16(12)22-9-23-18)26-11-3-4-25-8-11/h1-2,5-7,9,11H,3-4,8,21H2,(H,22,23,24). The van der Waals surface area contributed by atoms with Crippen molar-refractivity contribution < 1.29 is 18.3 Å². The highest BCUT2D eigenvalue weighted by molar-refractivity contribution is 5.94. The molecule has 1 atom stereocenters. The van der Waals surface area contributed by atoms with Crippen molar-refractivity contribution in [1.29, 1.82) is 0 Å². The molecule has 0 amide bonds. The lowest BCUT2D eigenvalue weighted by Crippen LogP contribution is -2.16. The molecule has 4 rings (SSSR count). The first kappa shape index (κ1) is 16.5. The lowest BCUT2D eigenvalue weighted by Gasteiger charge is -2.15. The average molecular weight is 358 g/mol. The maximum atomic E-state index is 13.4. The molecule has 1 aliphatic heterocycles. The summed E-state index contributed by atoms with van der Waals surface area (Å²) in [6, 6.07) is 6.96. The number of hydrogen-bond acceptors (Lipinski definition) is 6. The fourth-order valence-corrected chi connectivity index (χ4v) is 2.80. The number of fused-ring (bicyclic) bond motifs is 1. The second-order valence-electron chi connectivity index (χ2n) is 5.99. The average Bonchev–Trinajstić information content (AvgIpc) is 3.13. The van der Waals surface area contributed by atoms with Gasteiger partial charge in [0, 0.05) is 29.6 Å². The Hall–Kier alpha value is -3.00. The van der Waals surface area contributed by atoms with Crippen molar-refractivity contribution in [3.05, 3.63) is 48.3 Å². The summed E-state index contributed by atoms with van der Waals surface area (Å²) in [7, 11) is 0. The molecule has 0 spiro atoms. The first-order chi connectivity index (χ1) is 12.6. The summed E-state index contributed by atoms with van der Waals surface area (Å²) in [5, 5.41) is 3.60. The van der Waals surface area contributed by atoms with Gasteiger partial charge in [0.2, 0.25) is 0 Å². The zero-order valence-electron chi connectivity index (χ0n) is 13.7. The number of aromatic nitrogens is 2. The van der Waals surface area contributed by atoms with E-state index in [2.05, 4.69) is 15.3 Å². The number of halogens is 2. The number of benzene rings is 2. The van der Waals surface area contributed by atoms with Crippen LogP contribution in [0.25, 0.3) is 10.9 Å². The molecule has 2 aromatic carbocycles. The second-order valence-corrected chi connectivity index (χ2v) is 5.99. The molecule has 26 heavy (non-hydrogen) atoms. The summed E-state index contributed by atoms with van der Waals surface area (Å²) in [5.74, 6) is -0.888. The van der Waals surface area contributed by atoms with E-state index in [0.717, 1.165) is 18.6 Å². The Morgan fingerprint density at radius 1 is 1.15 bits per heavy atom. The molecule has 3 N–H and O–H groups in total. The molecule has 8 heteroatoms. The van der Waals surface area contributed by atoms with Gasteiger partial charge in [0.1, 0.15) is 24.0 Å². The Labute approximate surface area is 148 Å². The van der Waals surface area contributed by atoms with Crippen LogP contribution in [0.1, 0.15) is 6.42 Å². The maximum absolute atomic E-state index is 13.4. The highest BCUT2D eigenvalue weighted by Crippen LogP contribution is 2.32. The Morgan fingerprint density at radius 3 is 2.81 bits per heavy atom. The normalized spacial score (nSPS) is 16.8. The van der Waals surface area contributed by atoms with Gasteiger partial charge in [-0.2, -0.15) is 0 Å². The van der Waals surface area contributed by atoms with Gasteiger partial charge in [0.25, 0.3) is 0 Å². The molecule has 0 aliphatic carbocycles. The molecular weight excluding hydrogens is 342 g/mol. The Kier molecular flexibility index (Phi) is 4.26. The molecule has 6 nitrogen and oxygen atoms in total. The van der Waals surface area contributed by atoms with Crippen molar-refractivity contribution in [3.63, 3.8) is 0 Å². The van der Waals surface area contributed by atoms with Crippen LogP contribution in [-0.2, 0) is 4.74 Å². The van der Waals surface area contributed by atoms with Gasteiger partial charge in [0.05, 0.1) is 24.4 Å². The maximum Gasteiger partial charge on any atom is 0.160 e. The molecule has 1 aliphatic rings. The zero-order chi connectivity index (χ0) is 18.1. The predicted molar refractivity (Wildman–Crippen MR) is 93.4 cm³/mol. The third-order valence-corrected chi connectivity index (χ3v) is 4.13. The molecule has 2 heterocycles. The van der Waals surface area contributed by atoms with E-state index in [4.69, 9.17) is 15.2 Å². The van der Waals surface area contributed by atoms with Gasteiger partial charge in [-0.15, -0.1) is 0 Å². The Bertz CT molecular complexity index is 961. The van der Waals surface area contributed by atoms with Crippen LogP contribution >= 0.6 is 0 Å². The van der Waals surface area contributed by atoms with E-state index in [1.165, 1.54) is 12.4 Å². The van der Waals surface area contributed by atoms with Crippen molar-refractivity contribution >= 4 is 28.1 Å². The molecule has 1 unspecified atom stereocenters. The predicted octanol–water partition coefficient (Wildman–Crippen LogP) is 3.40. The highest BCUT2D eigenvalue weighted by Gasteiger charge is 2.19. The molecule has 3 aromatic rings. The highest BCUT2D eigenvalue weighted by atomic mass is 19.2. The van der Waals surface area contributed by atoms with Crippen molar-refractivity contribution in [2.24, 2.45) is 0 Å². The molecule has 134 valence electrons. The number of hydrogen-bond donors (Lipinski definition) is 2. The first-order valence-corrected chi connectivity index (χ1v) is 8.11. The van der Waals surface area contributed by atoms with Gasteiger partial charge in [-0.3, -0.25) is 0 Å². The number of nitrogen functional groups attached to an aromatic ring is 1. The van der Waals surface area contributed by atoms with E-state index in [0.29, 0.717) is 47.1 Å². The van der Waals surface area contributed by atoms with Crippen molar-refractivity contribution in [2.45, 2.75) is 12.5 Å². The Morgan fingerprint density at radius 2 is 2.04 bits per heavy atom. The van der Waals surface area contributed by atoms with Crippen LogP contribution in [0.3, 0.4) is 0 Å². The van der Waals surface area contributed by atoms with Crippen LogP contribution in [0.5, 0.6) is 5.75 Å². The monoisotopic (exact) mass is 358 g/mol. The second kappa shape index (κ2) is 6.72. The smallest absolute Gasteiger partial charge is 0.160 e. The van der Waals surface area contributed by atoms with Crippen molar-refractivity contribution in [2.75, 3.05) is 24.3 Å². The number of nitrogens with one attached hydrogen (secondary N) is 1. The van der Waals surface area contributed by atoms with E-state index < -0.39 is 11.6 Å². The summed E-state index contributed by atoms with van der Waals surface area (Å²) in [6.45, 7) is 1.20. The quantitative estimate of drug-likeness (QED) is 0.696. The third kappa shape index (κ3) is 3.23. The van der Waals surface area contributed by atoms with E-state index in [-0.39, 0.29) is 6.10 Å².